The number of piperidine rings is 3. The lowest BCUT2D eigenvalue weighted by Gasteiger charge is -2.41. The molecule has 8 heteroatoms. The van der Waals surface area contributed by atoms with Crippen LogP contribution >= 0.6 is 0 Å². The smallest absolute Gasteiger partial charge is 0.244 e. The second-order valence-corrected chi connectivity index (χ2v) is 8.39. The molecule has 3 aliphatic heterocycles. The first-order valence-corrected chi connectivity index (χ1v) is 10.7. The third kappa shape index (κ3) is 4.04. The predicted octanol–water partition coefficient (Wildman–Crippen LogP) is 1.17. The van der Waals surface area contributed by atoms with Crippen LogP contribution in [-0.2, 0) is 19.2 Å². The highest BCUT2D eigenvalue weighted by molar-refractivity contribution is 6.23. The number of Topliss-reactive ketones (excluding diaryl/α,β-unsaturated/α-hetero) is 1. The lowest BCUT2D eigenvalue weighted by molar-refractivity contribution is -0.148. The number of hydrogen-bond acceptors (Lipinski definition) is 5. The van der Waals surface area contributed by atoms with Gasteiger partial charge in [0.25, 0.3) is 0 Å². The maximum Gasteiger partial charge on any atom is 0.244 e. The summed E-state index contributed by atoms with van der Waals surface area (Å²) in [6.45, 7) is 4.27. The van der Waals surface area contributed by atoms with Crippen LogP contribution in [-0.4, -0.2) is 60.6 Å². The molecule has 3 aliphatic rings. The summed E-state index contributed by atoms with van der Waals surface area (Å²) >= 11 is 0. The van der Waals surface area contributed by atoms with E-state index < -0.39 is 29.4 Å². The zero-order valence-electron chi connectivity index (χ0n) is 17.2. The first-order valence-electron chi connectivity index (χ1n) is 10.7. The lowest BCUT2D eigenvalue weighted by Crippen LogP contribution is -2.63. The summed E-state index contributed by atoms with van der Waals surface area (Å²) in [4.78, 5) is 53.8. The normalized spacial score (nSPS) is 26.6. The van der Waals surface area contributed by atoms with Crippen LogP contribution in [0.4, 0.5) is 11.4 Å². The van der Waals surface area contributed by atoms with Crippen LogP contribution in [0.15, 0.2) is 24.3 Å². The summed E-state index contributed by atoms with van der Waals surface area (Å²) in [5.41, 5.74) is 1.66. The molecule has 8 nitrogen and oxygen atoms in total. The molecule has 0 aromatic heterocycles. The highest BCUT2D eigenvalue weighted by Gasteiger charge is 2.48. The molecule has 1 aromatic rings. The van der Waals surface area contributed by atoms with E-state index in [1.165, 1.54) is 26.2 Å². The zero-order valence-corrected chi connectivity index (χ0v) is 17.2. The maximum absolute atomic E-state index is 13.0. The van der Waals surface area contributed by atoms with Gasteiger partial charge in [0.05, 0.1) is 5.92 Å². The molecule has 0 radical (unpaired) electrons. The Labute approximate surface area is 176 Å². The van der Waals surface area contributed by atoms with Crippen molar-refractivity contribution in [2.45, 2.75) is 38.6 Å². The Hall–Kier alpha value is -2.90. The SMILES string of the molecule is CC(=O)N1CC[C@@H]2NC(=O)C(C(=O)Nc3ccc(N4CCCCC4)cc3)C(=O)[C@H]2C1. The fourth-order valence-corrected chi connectivity index (χ4v) is 4.68. The van der Waals surface area contributed by atoms with Crippen LogP contribution in [0.3, 0.4) is 0 Å². The molecule has 3 amide bonds. The average molecular weight is 412 g/mol. The van der Waals surface area contributed by atoms with Crippen molar-refractivity contribution < 1.29 is 19.2 Å². The molecule has 2 N–H and O–H groups in total. The van der Waals surface area contributed by atoms with Gasteiger partial charge in [-0.2, -0.15) is 0 Å². The van der Waals surface area contributed by atoms with E-state index >= 15 is 0 Å². The van der Waals surface area contributed by atoms with Crippen LogP contribution in [0.5, 0.6) is 0 Å². The van der Waals surface area contributed by atoms with Gasteiger partial charge in [0.2, 0.25) is 17.7 Å². The van der Waals surface area contributed by atoms with Gasteiger partial charge in [-0.3, -0.25) is 19.2 Å². The standard InChI is InChI=1S/C22H28N4O4/c1-14(27)26-12-9-18-17(13-26)20(28)19(22(30)24-18)21(29)23-15-5-7-16(8-6-15)25-10-3-2-4-11-25/h5-8,17-19H,2-4,9-13H2,1H3,(H,23,29)(H,24,30)/t17-,18-,19?/m0/s1. The van der Waals surface area contributed by atoms with E-state index in [0.717, 1.165) is 18.8 Å². The van der Waals surface area contributed by atoms with E-state index in [1.54, 1.807) is 17.0 Å². The molecule has 3 atom stereocenters. The van der Waals surface area contributed by atoms with Crippen LogP contribution in [0.2, 0.25) is 0 Å². The number of rotatable bonds is 3. The Morgan fingerprint density at radius 1 is 1.03 bits per heavy atom. The number of amides is 3. The minimum atomic E-state index is -1.39. The quantitative estimate of drug-likeness (QED) is 0.726. The van der Waals surface area contributed by atoms with Crippen LogP contribution in [0.25, 0.3) is 0 Å². The van der Waals surface area contributed by atoms with Crippen molar-refractivity contribution >= 4 is 34.9 Å². The molecule has 0 bridgehead atoms. The largest absolute Gasteiger partial charge is 0.372 e. The van der Waals surface area contributed by atoms with Crippen molar-refractivity contribution in [2.75, 3.05) is 36.4 Å². The molecular formula is C22H28N4O4. The van der Waals surface area contributed by atoms with Gasteiger partial charge in [-0.05, 0) is 49.9 Å². The van der Waals surface area contributed by atoms with Crippen molar-refractivity contribution in [3.05, 3.63) is 24.3 Å². The van der Waals surface area contributed by atoms with Gasteiger partial charge in [0, 0.05) is 50.5 Å². The van der Waals surface area contributed by atoms with E-state index in [4.69, 9.17) is 0 Å². The van der Waals surface area contributed by atoms with E-state index in [9.17, 15) is 19.2 Å². The van der Waals surface area contributed by atoms with Gasteiger partial charge >= 0.3 is 0 Å². The van der Waals surface area contributed by atoms with Crippen LogP contribution in [0.1, 0.15) is 32.6 Å². The fourth-order valence-electron chi connectivity index (χ4n) is 4.68. The third-order valence-electron chi connectivity index (χ3n) is 6.42. The lowest BCUT2D eigenvalue weighted by atomic mass is 9.78. The monoisotopic (exact) mass is 412 g/mol. The van der Waals surface area contributed by atoms with Gasteiger partial charge in [-0.15, -0.1) is 0 Å². The second kappa shape index (κ2) is 8.45. The highest BCUT2D eigenvalue weighted by atomic mass is 16.2. The molecule has 160 valence electrons. The van der Waals surface area contributed by atoms with Crippen molar-refractivity contribution in [2.24, 2.45) is 11.8 Å². The Morgan fingerprint density at radius 3 is 2.40 bits per heavy atom. The molecule has 0 saturated carbocycles. The number of nitrogens with one attached hydrogen (secondary N) is 2. The summed E-state index contributed by atoms with van der Waals surface area (Å²) in [6, 6.07) is 7.19. The van der Waals surface area contributed by atoms with E-state index in [0.29, 0.717) is 18.7 Å². The second-order valence-electron chi connectivity index (χ2n) is 8.39. The Balaban J connectivity index is 1.42. The highest BCUT2D eigenvalue weighted by Crippen LogP contribution is 2.27. The molecule has 0 spiro atoms. The summed E-state index contributed by atoms with van der Waals surface area (Å²) in [5.74, 6) is -3.62. The number of ketones is 1. The summed E-state index contributed by atoms with van der Waals surface area (Å²) in [6.07, 6.45) is 4.14. The third-order valence-corrected chi connectivity index (χ3v) is 6.42. The van der Waals surface area contributed by atoms with Gasteiger partial charge in [-0.1, -0.05) is 0 Å². The topological polar surface area (TPSA) is 98.8 Å². The first kappa shape index (κ1) is 20.4. The molecular weight excluding hydrogens is 384 g/mol. The van der Waals surface area contributed by atoms with Crippen molar-refractivity contribution in [1.29, 1.82) is 0 Å². The summed E-state index contributed by atoms with van der Waals surface area (Å²) in [7, 11) is 0. The molecule has 4 rings (SSSR count). The Bertz CT molecular complexity index is 847. The van der Waals surface area contributed by atoms with Gasteiger partial charge < -0.3 is 20.4 Å². The maximum atomic E-state index is 13.0. The van der Waals surface area contributed by atoms with Crippen LogP contribution < -0.4 is 15.5 Å². The molecule has 30 heavy (non-hydrogen) atoms. The van der Waals surface area contributed by atoms with Gasteiger partial charge in [-0.25, -0.2) is 0 Å². The number of nitrogens with zero attached hydrogens (tertiary/aromatic N) is 2. The Morgan fingerprint density at radius 2 is 1.73 bits per heavy atom. The van der Waals surface area contributed by atoms with Crippen molar-refractivity contribution in [3.8, 4) is 0 Å². The minimum Gasteiger partial charge on any atom is -0.372 e. The first-order chi connectivity index (χ1) is 14.4. The predicted molar refractivity (Wildman–Crippen MR) is 112 cm³/mol. The fraction of sp³-hybridized carbons (Fsp3) is 0.545. The molecule has 3 saturated heterocycles. The number of carbonyl (C=O) groups excluding carboxylic acids is 4. The molecule has 1 aromatic carbocycles. The number of carbonyl (C=O) groups is 4. The summed E-state index contributed by atoms with van der Waals surface area (Å²) in [5, 5.41) is 5.52. The number of benzene rings is 1. The molecule has 3 fully saturated rings. The zero-order chi connectivity index (χ0) is 21.3. The number of fused-ring (bicyclic) bond motifs is 1. The van der Waals surface area contributed by atoms with Crippen LogP contribution in [0, 0.1) is 11.8 Å². The van der Waals surface area contributed by atoms with E-state index in [-0.39, 0.29) is 18.5 Å². The van der Waals surface area contributed by atoms with Crippen molar-refractivity contribution in [1.82, 2.24) is 10.2 Å². The van der Waals surface area contributed by atoms with Gasteiger partial charge in [0.15, 0.2) is 11.7 Å². The average Bonchev–Trinajstić information content (AvgIpc) is 2.74. The van der Waals surface area contributed by atoms with Crippen molar-refractivity contribution in [3.63, 3.8) is 0 Å². The Kier molecular flexibility index (Phi) is 5.74. The van der Waals surface area contributed by atoms with E-state index in [2.05, 4.69) is 15.5 Å². The van der Waals surface area contributed by atoms with Gasteiger partial charge in [0.1, 0.15) is 0 Å². The number of likely N-dealkylation sites (tertiary alicyclic amines) is 1. The number of hydrogen-bond donors (Lipinski definition) is 2. The summed E-state index contributed by atoms with van der Waals surface area (Å²) < 4.78 is 0. The molecule has 0 aliphatic carbocycles. The molecule has 1 unspecified atom stereocenters. The number of anilines is 2. The molecule has 3 heterocycles. The van der Waals surface area contributed by atoms with E-state index in [1.807, 2.05) is 12.1 Å². The minimum absolute atomic E-state index is 0.104.